The van der Waals surface area contributed by atoms with Crippen molar-refractivity contribution in [2.45, 2.75) is 6.92 Å². The second kappa shape index (κ2) is 8.11. The number of rotatable bonds is 6. The van der Waals surface area contributed by atoms with Crippen molar-refractivity contribution in [1.29, 1.82) is 0 Å². The lowest BCUT2D eigenvalue weighted by Gasteiger charge is -2.11. The van der Waals surface area contributed by atoms with Crippen LogP contribution in [0.4, 0.5) is 5.69 Å². The van der Waals surface area contributed by atoms with Crippen molar-refractivity contribution in [1.82, 2.24) is 0 Å². The van der Waals surface area contributed by atoms with E-state index in [2.05, 4.69) is 11.6 Å². The van der Waals surface area contributed by atoms with Gasteiger partial charge >= 0.3 is 5.97 Å². The molecule has 6 heteroatoms. The molecule has 0 bridgehead atoms. The first-order chi connectivity index (χ1) is 9.97. The van der Waals surface area contributed by atoms with Crippen LogP contribution in [-0.4, -0.2) is 25.8 Å². The van der Waals surface area contributed by atoms with Gasteiger partial charge in [0.25, 0.3) is 0 Å². The Morgan fingerprint density at radius 1 is 1.52 bits per heavy atom. The van der Waals surface area contributed by atoms with E-state index in [1.165, 1.54) is 18.4 Å². The number of hydrogen-bond donors (Lipinski definition) is 1. The highest BCUT2D eigenvalue weighted by molar-refractivity contribution is 6.39. The number of carbonyl (C=O) groups is 1. The number of ether oxygens (including phenoxy) is 2. The molecule has 0 heterocycles. The van der Waals surface area contributed by atoms with Crippen molar-refractivity contribution in [2.75, 3.05) is 19.4 Å². The summed E-state index contributed by atoms with van der Waals surface area (Å²) in [4.78, 5) is 15.6. The summed E-state index contributed by atoms with van der Waals surface area (Å²) in [5.41, 5.74) is 6.34. The van der Waals surface area contributed by atoms with Crippen LogP contribution in [-0.2, 0) is 4.74 Å². The Bertz CT molecular complexity index is 595. The molecule has 0 spiro atoms. The zero-order valence-electron chi connectivity index (χ0n) is 11.9. The highest BCUT2D eigenvalue weighted by Gasteiger charge is 2.15. The van der Waals surface area contributed by atoms with E-state index in [-0.39, 0.29) is 17.9 Å². The quantitative estimate of drug-likeness (QED) is 0.288. The van der Waals surface area contributed by atoms with Crippen LogP contribution in [0, 0.1) is 0 Å². The Morgan fingerprint density at radius 2 is 2.24 bits per heavy atom. The third kappa shape index (κ3) is 5.31. The molecule has 0 saturated heterocycles. The van der Waals surface area contributed by atoms with E-state index in [0.29, 0.717) is 16.5 Å². The number of nitrogens with two attached hydrogens (primary N) is 1. The monoisotopic (exact) mass is 308 g/mol. The van der Waals surface area contributed by atoms with Gasteiger partial charge < -0.3 is 15.2 Å². The minimum Gasteiger partial charge on any atom is -0.462 e. The molecule has 21 heavy (non-hydrogen) atoms. The summed E-state index contributed by atoms with van der Waals surface area (Å²) in [6.07, 6.45) is 2.94. The van der Waals surface area contributed by atoms with Crippen molar-refractivity contribution in [3.05, 3.63) is 47.2 Å². The van der Waals surface area contributed by atoms with Crippen molar-refractivity contribution >= 4 is 29.5 Å². The van der Waals surface area contributed by atoms with Crippen LogP contribution in [0.1, 0.15) is 17.3 Å². The highest BCUT2D eigenvalue weighted by atomic mass is 35.5. The van der Waals surface area contributed by atoms with E-state index in [4.69, 9.17) is 26.8 Å². The van der Waals surface area contributed by atoms with E-state index in [1.54, 1.807) is 26.1 Å². The Balaban J connectivity index is 3.00. The Labute approximate surface area is 128 Å². The van der Waals surface area contributed by atoms with Crippen molar-refractivity contribution in [3.8, 4) is 5.75 Å². The average molecular weight is 309 g/mol. The van der Waals surface area contributed by atoms with Crippen molar-refractivity contribution in [2.24, 2.45) is 4.99 Å². The molecule has 1 aromatic carbocycles. The van der Waals surface area contributed by atoms with Crippen LogP contribution in [0.15, 0.2) is 46.6 Å². The van der Waals surface area contributed by atoms with Gasteiger partial charge in [0.2, 0.25) is 0 Å². The average Bonchev–Trinajstić information content (AvgIpc) is 2.41. The molecule has 0 radical (unpaired) electrons. The molecule has 0 fully saturated rings. The van der Waals surface area contributed by atoms with Gasteiger partial charge in [0.05, 0.1) is 11.6 Å². The molecular formula is C15H17ClN2O3. The lowest BCUT2D eigenvalue weighted by Crippen LogP contribution is -2.08. The van der Waals surface area contributed by atoms with Gasteiger partial charge in [0, 0.05) is 25.0 Å². The molecule has 0 aromatic heterocycles. The molecule has 0 amide bonds. The smallest absolute Gasteiger partial charge is 0.342 e. The molecular weight excluding hydrogens is 292 g/mol. The fourth-order valence-electron chi connectivity index (χ4n) is 1.49. The number of nitrogen functional groups attached to an aromatic ring is 1. The van der Waals surface area contributed by atoms with E-state index in [9.17, 15) is 4.79 Å². The molecule has 0 aliphatic heterocycles. The number of allylic oxidation sites excluding steroid dienone is 2. The maximum Gasteiger partial charge on any atom is 0.342 e. The van der Waals surface area contributed by atoms with Crippen LogP contribution in [0.5, 0.6) is 5.75 Å². The molecule has 5 nitrogen and oxygen atoms in total. The zero-order valence-corrected chi connectivity index (χ0v) is 12.7. The summed E-state index contributed by atoms with van der Waals surface area (Å²) in [5, 5.41) is 0.357. The SMILES string of the molecule is C=C(/C=C(/Cl)C=NC)Oc1ccc(N)cc1C(=O)OCC. The fraction of sp³-hybridized carbons (Fsp3) is 0.200. The fourth-order valence-corrected chi connectivity index (χ4v) is 1.71. The number of benzene rings is 1. The molecule has 0 unspecified atom stereocenters. The first-order valence-corrected chi connectivity index (χ1v) is 6.58. The summed E-state index contributed by atoms with van der Waals surface area (Å²) in [6, 6.07) is 4.67. The molecule has 1 aromatic rings. The number of anilines is 1. The molecule has 0 atom stereocenters. The number of esters is 1. The Hall–Kier alpha value is -2.27. The molecule has 0 saturated carbocycles. The van der Waals surface area contributed by atoms with E-state index < -0.39 is 5.97 Å². The van der Waals surface area contributed by atoms with Crippen LogP contribution in [0.2, 0.25) is 0 Å². The Kier molecular flexibility index (Phi) is 6.49. The van der Waals surface area contributed by atoms with Crippen molar-refractivity contribution in [3.63, 3.8) is 0 Å². The molecule has 2 N–H and O–H groups in total. The van der Waals surface area contributed by atoms with Gasteiger partial charge in [-0.05, 0) is 25.1 Å². The third-order valence-electron chi connectivity index (χ3n) is 2.29. The van der Waals surface area contributed by atoms with E-state index in [1.807, 2.05) is 0 Å². The summed E-state index contributed by atoms with van der Waals surface area (Å²) in [5.74, 6) is 0.0369. The lowest BCUT2D eigenvalue weighted by molar-refractivity contribution is 0.0523. The van der Waals surface area contributed by atoms with Crippen LogP contribution in [0.25, 0.3) is 0 Å². The Morgan fingerprint density at radius 3 is 2.86 bits per heavy atom. The summed E-state index contributed by atoms with van der Waals surface area (Å²) >= 11 is 5.88. The molecule has 112 valence electrons. The van der Waals surface area contributed by atoms with Gasteiger partial charge in [-0.2, -0.15) is 0 Å². The van der Waals surface area contributed by atoms with E-state index >= 15 is 0 Å². The maximum atomic E-state index is 11.9. The molecule has 1 rings (SSSR count). The van der Waals surface area contributed by atoms with Gasteiger partial charge in [-0.3, -0.25) is 4.99 Å². The number of carbonyl (C=O) groups excluding carboxylic acids is 1. The second-order valence-corrected chi connectivity index (χ2v) is 4.40. The van der Waals surface area contributed by atoms with Crippen molar-refractivity contribution < 1.29 is 14.3 Å². The number of nitrogens with zero attached hydrogens (tertiary/aromatic N) is 1. The topological polar surface area (TPSA) is 73.9 Å². The minimum absolute atomic E-state index is 0.228. The normalized spacial score (nSPS) is 11.5. The maximum absolute atomic E-state index is 11.9. The van der Waals surface area contributed by atoms with Crippen LogP contribution in [0.3, 0.4) is 0 Å². The predicted molar refractivity (Wildman–Crippen MR) is 84.9 cm³/mol. The highest BCUT2D eigenvalue weighted by Crippen LogP contribution is 2.24. The van der Waals surface area contributed by atoms with E-state index in [0.717, 1.165) is 0 Å². The van der Waals surface area contributed by atoms with Crippen LogP contribution >= 0.6 is 11.6 Å². The summed E-state index contributed by atoms with van der Waals surface area (Å²) in [6.45, 7) is 5.69. The number of aliphatic imine (C=N–C) groups is 1. The lowest BCUT2D eigenvalue weighted by atomic mass is 10.2. The minimum atomic E-state index is -0.516. The summed E-state index contributed by atoms with van der Waals surface area (Å²) < 4.78 is 10.5. The van der Waals surface area contributed by atoms with Gasteiger partial charge in [-0.25, -0.2) is 4.79 Å². The first kappa shape index (κ1) is 16.8. The largest absolute Gasteiger partial charge is 0.462 e. The van der Waals surface area contributed by atoms with Gasteiger partial charge in [0.15, 0.2) is 0 Å². The van der Waals surface area contributed by atoms with Gasteiger partial charge in [0.1, 0.15) is 17.1 Å². The van der Waals surface area contributed by atoms with Gasteiger partial charge in [-0.1, -0.05) is 18.2 Å². The number of halogens is 1. The molecule has 0 aliphatic rings. The first-order valence-electron chi connectivity index (χ1n) is 6.20. The molecule has 0 aliphatic carbocycles. The summed E-state index contributed by atoms with van der Waals surface area (Å²) in [7, 11) is 1.60. The predicted octanol–water partition coefficient (Wildman–Crippen LogP) is 3.16. The van der Waals surface area contributed by atoms with Crippen LogP contribution < -0.4 is 10.5 Å². The zero-order chi connectivity index (χ0) is 15.8. The second-order valence-electron chi connectivity index (χ2n) is 3.96. The number of hydrogen-bond acceptors (Lipinski definition) is 5. The van der Waals surface area contributed by atoms with Gasteiger partial charge in [-0.15, -0.1) is 0 Å². The third-order valence-corrected chi connectivity index (χ3v) is 2.50. The standard InChI is InChI=1S/C15H17ClN2O3/c1-4-20-15(19)13-8-12(17)5-6-14(13)21-10(2)7-11(16)9-18-3/h5-9H,2,4,17H2,1,3H3/b11-7+,18-9?.